The Bertz CT molecular complexity index is 781. The van der Waals surface area contributed by atoms with Crippen molar-refractivity contribution >= 4 is 35.0 Å². The van der Waals surface area contributed by atoms with E-state index >= 15 is 0 Å². The third kappa shape index (κ3) is 6.35. The van der Waals surface area contributed by atoms with E-state index in [0.717, 1.165) is 19.3 Å². The lowest BCUT2D eigenvalue weighted by atomic mass is 9.79. The molecule has 0 radical (unpaired) electrons. The summed E-state index contributed by atoms with van der Waals surface area (Å²) in [5.74, 6) is 1.20. The minimum absolute atomic E-state index is 0.00402. The highest BCUT2D eigenvalue weighted by molar-refractivity contribution is 6.42. The lowest BCUT2D eigenvalue weighted by molar-refractivity contribution is -0.136. The molecule has 0 spiro atoms. The first kappa shape index (κ1) is 24.3. The molecule has 8 heteroatoms. The van der Waals surface area contributed by atoms with Crippen LogP contribution >= 0.6 is 23.2 Å². The van der Waals surface area contributed by atoms with Gasteiger partial charge in [-0.25, -0.2) is 0 Å². The van der Waals surface area contributed by atoms with Crippen LogP contribution in [0, 0.1) is 11.8 Å². The second-order valence-electron chi connectivity index (χ2n) is 9.22. The van der Waals surface area contributed by atoms with Gasteiger partial charge < -0.3 is 21.3 Å². The van der Waals surface area contributed by atoms with E-state index in [1.807, 2.05) is 0 Å². The largest absolute Gasteiger partial charge is 0.350 e. The monoisotopic (exact) mass is 468 g/mol. The maximum Gasteiger partial charge on any atom is 0.251 e. The predicted octanol–water partition coefficient (Wildman–Crippen LogP) is 3.46. The minimum atomic E-state index is -0.313. The van der Waals surface area contributed by atoms with Crippen LogP contribution in [0.4, 0.5) is 0 Å². The Morgan fingerprint density at radius 1 is 1.19 bits per heavy atom. The van der Waals surface area contributed by atoms with Gasteiger partial charge in [-0.3, -0.25) is 9.59 Å². The van der Waals surface area contributed by atoms with Crippen LogP contribution in [0.3, 0.4) is 0 Å². The number of hydrogen-bond acceptors (Lipinski definition) is 4. The molecule has 1 aromatic rings. The van der Waals surface area contributed by atoms with Crippen molar-refractivity contribution in [3.8, 4) is 0 Å². The van der Waals surface area contributed by atoms with E-state index in [9.17, 15) is 9.59 Å². The van der Waals surface area contributed by atoms with Crippen molar-refractivity contribution < 1.29 is 9.59 Å². The molecule has 0 aromatic heterocycles. The van der Waals surface area contributed by atoms with Crippen LogP contribution in [0.1, 0.15) is 56.3 Å². The van der Waals surface area contributed by atoms with E-state index in [4.69, 9.17) is 28.9 Å². The highest BCUT2D eigenvalue weighted by Crippen LogP contribution is 2.32. The summed E-state index contributed by atoms with van der Waals surface area (Å²) in [7, 11) is 0. The molecule has 172 valence electrons. The number of halogens is 2. The molecule has 3 rings (SSSR count). The van der Waals surface area contributed by atoms with E-state index in [-0.39, 0.29) is 29.9 Å². The molecule has 1 saturated heterocycles. The fraction of sp³-hybridized carbons (Fsp3) is 0.652. The Kier molecular flexibility index (Phi) is 8.62. The molecule has 31 heavy (non-hydrogen) atoms. The van der Waals surface area contributed by atoms with Crippen molar-refractivity contribution in [1.29, 1.82) is 0 Å². The van der Waals surface area contributed by atoms with Crippen LogP contribution in [-0.2, 0) is 4.79 Å². The fourth-order valence-electron chi connectivity index (χ4n) is 5.06. The van der Waals surface area contributed by atoms with E-state index < -0.39 is 0 Å². The van der Waals surface area contributed by atoms with Gasteiger partial charge in [0, 0.05) is 30.7 Å². The molecule has 4 atom stereocenters. The van der Waals surface area contributed by atoms with E-state index in [1.54, 1.807) is 18.2 Å². The van der Waals surface area contributed by atoms with Gasteiger partial charge in [-0.15, -0.1) is 0 Å². The average Bonchev–Trinajstić information content (AvgIpc) is 2.87. The first-order chi connectivity index (χ1) is 14.8. The third-order valence-electron chi connectivity index (χ3n) is 6.48. The van der Waals surface area contributed by atoms with Gasteiger partial charge >= 0.3 is 0 Å². The van der Waals surface area contributed by atoms with Crippen LogP contribution in [0.5, 0.6) is 0 Å². The lowest BCUT2D eigenvalue weighted by Gasteiger charge is -2.39. The summed E-state index contributed by atoms with van der Waals surface area (Å²) in [6.07, 6.45) is 4.72. The van der Waals surface area contributed by atoms with Crippen molar-refractivity contribution in [3.63, 3.8) is 0 Å². The van der Waals surface area contributed by atoms with Gasteiger partial charge in [0.1, 0.15) is 0 Å². The number of benzene rings is 1. The van der Waals surface area contributed by atoms with Crippen molar-refractivity contribution in [2.75, 3.05) is 19.6 Å². The fourth-order valence-corrected chi connectivity index (χ4v) is 5.35. The molecule has 2 fully saturated rings. The Hall–Kier alpha value is -1.34. The predicted molar refractivity (Wildman–Crippen MR) is 125 cm³/mol. The Balaban J connectivity index is 1.65. The SMILES string of the molecule is CC1CC(C)CC(N2CC[C@H](CNC(=O)c3ccc(Cl)c(Cl)c3)N[C@H](CCN)C2=O)C1. The number of rotatable bonds is 6. The first-order valence-corrected chi connectivity index (χ1v) is 12.0. The van der Waals surface area contributed by atoms with Crippen LogP contribution in [0.25, 0.3) is 0 Å². The van der Waals surface area contributed by atoms with Crippen LogP contribution in [0.2, 0.25) is 10.0 Å². The molecule has 4 N–H and O–H groups in total. The van der Waals surface area contributed by atoms with E-state index in [1.165, 1.54) is 6.42 Å². The molecule has 2 aliphatic rings. The first-order valence-electron chi connectivity index (χ1n) is 11.3. The summed E-state index contributed by atoms with van der Waals surface area (Å²) < 4.78 is 0. The molecular weight excluding hydrogens is 435 g/mol. The van der Waals surface area contributed by atoms with E-state index in [0.29, 0.717) is 53.5 Å². The standard InChI is InChI=1S/C23H34Cl2N4O2/c1-14-9-15(2)11-18(10-14)29-8-6-17(28-21(5-7-26)23(29)31)13-27-22(30)16-3-4-19(24)20(25)12-16/h3-4,12,14-15,17-18,21,28H,5-11,13,26H2,1-2H3,(H,27,30)/t14?,15?,17-,18?,21-/m1/s1. The third-order valence-corrected chi connectivity index (χ3v) is 7.22. The second-order valence-corrected chi connectivity index (χ2v) is 10.0. The van der Waals surface area contributed by atoms with Crippen molar-refractivity contribution in [2.45, 2.75) is 64.1 Å². The maximum absolute atomic E-state index is 13.3. The Morgan fingerprint density at radius 2 is 1.90 bits per heavy atom. The highest BCUT2D eigenvalue weighted by Gasteiger charge is 2.36. The summed E-state index contributed by atoms with van der Waals surface area (Å²) in [4.78, 5) is 28.0. The smallest absolute Gasteiger partial charge is 0.251 e. The summed E-state index contributed by atoms with van der Waals surface area (Å²) in [5.41, 5.74) is 6.27. The molecule has 1 saturated carbocycles. The van der Waals surface area contributed by atoms with Gasteiger partial charge in [-0.05, 0) is 68.7 Å². The molecular formula is C23H34Cl2N4O2. The molecule has 6 nitrogen and oxygen atoms in total. The summed E-state index contributed by atoms with van der Waals surface area (Å²) in [6, 6.07) is 4.80. The van der Waals surface area contributed by atoms with Crippen LogP contribution in [-0.4, -0.2) is 54.5 Å². The average molecular weight is 469 g/mol. The van der Waals surface area contributed by atoms with Crippen molar-refractivity contribution in [3.05, 3.63) is 33.8 Å². The van der Waals surface area contributed by atoms with Gasteiger partial charge in [0.25, 0.3) is 5.91 Å². The number of hydrogen-bond donors (Lipinski definition) is 3. The Labute approximate surface area is 195 Å². The summed E-state index contributed by atoms with van der Waals surface area (Å²) in [6.45, 7) is 6.13. The van der Waals surface area contributed by atoms with Gasteiger partial charge in [0.2, 0.25) is 5.91 Å². The molecule has 1 aromatic carbocycles. The van der Waals surface area contributed by atoms with Gasteiger partial charge in [0.05, 0.1) is 16.1 Å². The number of nitrogens with zero attached hydrogens (tertiary/aromatic N) is 1. The lowest BCUT2D eigenvalue weighted by Crippen LogP contribution is -2.52. The number of carbonyl (C=O) groups is 2. The minimum Gasteiger partial charge on any atom is -0.350 e. The van der Waals surface area contributed by atoms with Crippen molar-refractivity contribution in [1.82, 2.24) is 15.5 Å². The molecule has 0 bridgehead atoms. The zero-order valence-electron chi connectivity index (χ0n) is 18.4. The number of nitrogens with two attached hydrogens (primary N) is 1. The van der Waals surface area contributed by atoms with Crippen molar-refractivity contribution in [2.24, 2.45) is 17.6 Å². The molecule has 2 amide bonds. The molecule has 1 heterocycles. The van der Waals surface area contributed by atoms with Crippen LogP contribution < -0.4 is 16.4 Å². The van der Waals surface area contributed by atoms with Gasteiger partial charge in [-0.2, -0.15) is 0 Å². The summed E-state index contributed by atoms with van der Waals surface area (Å²) >= 11 is 12.0. The quantitative estimate of drug-likeness (QED) is 0.596. The topological polar surface area (TPSA) is 87.5 Å². The summed E-state index contributed by atoms with van der Waals surface area (Å²) in [5, 5.41) is 7.18. The maximum atomic E-state index is 13.3. The number of nitrogens with one attached hydrogen (secondary N) is 2. The number of carbonyl (C=O) groups excluding carboxylic acids is 2. The molecule has 1 aliphatic heterocycles. The molecule has 1 aliphatic carbocycles. The highest BCUT2D eigenvalue weighted by atomic mass is 35.5. The zero-order valence-corrected chi connectivity index (χ0v) is 19.9. The van der Waals surface area contributed by atoms with E-state index in [2.05, 4.69) is 29.4 Å². The van der Waals surface area contributed by atoms with Gasteiger partial charge in [-0.1, -0.05) is 37.0 Å². The van der Waals surface area contributed by atoms with Crippen LogP contribution in [0.15, 0.2) is 18.2 Å². The Morgan fingerprint density at radius 3 is 2.55 bits per heavy atom. The molecule has 2 unspecified atom stereocenters. The second kappa shape index (κ2) is 11.0. The number of amides is 2. The van der Waals surface area contributed by atoms with Gasteiger partial charge in [0.15, 0.2) is 0 Å². The zero-order chi connectivity index (χ0) is 22.5. The normalized spacial score (nSPS) is 29.5.